The Kier molecular flexibility index (Phi) is 3.48. The van der Waals surface area contributed by atoms with Crippen molar-refractivity contribution in [3.63, 3.8) is 0 Å². The molecule has 0 aromatic rings. The van der Waals surface area contributed by atoms with Crippen molar-refractivity contribution in [1.29, 1.82) is 0 Å². The SMILES string of the molecule is NC(=O)CN(C(=O)C1C2CCCC21)C1CCNCC1. The van der Waals surface area contributed by atoms with Crippen LogP contribution in [0.4, 0.5) is 0 Å². The van der Waals surface area contributed by atoms with Gasteiger partial charge in [-0.1, -0.05) is 6.42 Å². The minimum atomic E-state index is -0.391. The molecule has 0 spiro atoms. The summed E-state index contributed by atoms with van der Waals surface area (Å²) < 4.78 is 0. The lowest BCUT2D eigenvalue weighted by Gasteiger charge is -2.34. The van der Waals surface area contributed by atoms with Crippen LogP contribution in [-0.4, -0.2) is 42.4 Å². The summed E-state index contributed by atoms with van der Waals surface area (Å²) in [6.45, 7) is 1.94. The largest absolute Gasteiger partial charge is 0.368 e. The van der Waals surface area contributed by atoms with Gasteiger partial charge in [0.05, 0.1) is 6.54 Å². The average Bonchev–Trinajstić information content (AvgIpc) is 2.89. The van der Waals surface area contributed by atoms with E-state index in [0.717, 1.165) is 25.9 Å². The van der Waals surface area contributed by atoms with Gasteiger partial charge in [-0.2, -0.15) is 0 Å². The van der Waals surface area contributed by atoms with Crippen molar-refractivity contribution in [1.82, 2.24) is 10.2 Å². The van der Waals surface area contributed by atoms with Crippen LogP contribution in [0.25, 0.3) is 0 Å². The van der Waals surface area contributed by atoms with E-state index in [1.807, 2.05) is 0 Å². The van der Waals surface area contributed by atoms with Gasteiger partial charge in [0.2, 0.25) is 11.8 Å². The molecule has 0 bridgehead atoms. The second kappa shape index (κ2) is 5.12. The first-order chi connectivity index (χ1) is 9.18. The van der Waals surface area contributed by atoms with Crippen LogP contribution >= 0.6 is 0 Å². The number of carbonyl (C=O) groups is 2. The van der Waals surface area contributed by atoms with Crippen molar-refractivity contribution >= 4 is 11.8 Å². The summed E-state index contributed by atoms with van der Waals surface area (Å²) in [5, 5.41) is 3.29. The molecule has 0 aromatic heterocycles. The number of fused-ring (bicyclic) bond motifs is 1. The number of nitrogens with zero attached hydrogens (tertiary/aromatic N) is 1. The third-order valence-corrected chi connectivity index (χ3v) is 5.05. The van der Waals surface area contributed by atoms with E-state index >= 15 is 0 Å². The van der Waals surface area contributed by atoms with Gasteiger partial charge < -0.3 is 16.0 Å². The van der Waals surface area contributed by atoms with Gasteiger partial charge in [0.25, 0.3) is 0 Å². The first kappa shape index (κ1) is 12.9. The van der Waals surface area contributed by atoms with Crippen LogP contribution in [0.1, 0.15) is 32.1 Å². The Balaban J connectivity index is 1.67. The Labute approximate surface area is 113 Å². The number of nitrogens with one attached hydrogen (secondary N) is 1. The van der Waals surface area contributed by atoms with E-state index in [9.17, 15) is 9.59 Å². The highest BCUT2D eigenvalue weighted by Gasteiger charge is 2.57. The van der Waals surface area contributed by atoms with E-state index < -0.39 is 5.91 Å². The molecule has 3 rings (SSSR count). The molecule has 5 heteroatoms. The molecule has 2 saturated carbocycles. The van der Waals surface area contributed by atoms with Crippen molar-refractivity contribution in [3.05, 3.63) is 0 Å². The molecule has 2 aliphatic carbocycles. The van der Waals surface area contributed by atoms with Crippen molar-refractivity contribution in [2.45, 2.75) is 38.1 Å². The number of carbonyl (C=O) groups excluding carboxylic acids is 2. The molecule has 1 heterocycles. The molecule has 1 aliphatic heterocycles. The van der Waals surface area contributed by atoms with E-state index in [1.54, 1.807) is 4.90 Å². The lowest BCUT2D eigenvalue weighted by Crippen LogP contribution is -2.50. The molecule has 0 radical (unpaired) electrons. The van der Waals surface area contributed by atoms with Crippen molar-refractivity contribution < 1.29 is 9.59 Å². The Morgan fingerprint density at radius 1 is 1.11 bits per heavy atom. The van der Waals surface area contributed by atoms with Gasteiger partial charge in [0.15, 0.2) is 0 Å². The molecule has 3 fully saturated rings. The Morgan fingerprint density at radius 2 is 1.74 bits per heavy atom. The van der Waals surface area contributed by atoms with Crippen LogP contribution in [0.3, 0.4) is 0 Å². The molecule has 1 saturated heterocycles. The summed E-state index contributed by atoms with van der Waals surface area (Å²) in [4.78, 5) is 25.7. The number of nitrogens with two attached hydrogens (primary N) is 1. The van der Waals surface area contributed by atoms with Gasteiger partial charge in [-0.15, -0.1) is 0 Å². The highest BCUT2D eigenvalue weighted by atomic mass is 16.2. The lowest BCUT2D eigenvalue weighted by molar-refractivity contribution is -0.140. The minimum absolute atomic E-state index is 0.0967. The van der Waals surface area contributed by atoms with Crippen LogP contribution in [-0.2, 0) is 9.59 Å². The highest BCUT2D eigenvalue weighted by molar-refractivity contribution is 5.87. The summed E-state index contributed by atoms with van der Waals surface area (Å²) in [7, 11) is 0. The molecule has 2 atom stereocenters. The predicted octanol–water partition coefficient (Wildman–Crippen LogP) is 0.0984. The Hall–Kier alpha value is -1.10. The van der Waals surface area contributed by atoms with Crippen LogP contribution < -0.4 is 11.1 Å². The molecular formula is C14H23N3O2. The number of piperidine rings is 1. The standard InChI is InChI=1S/C14H23N3O2/c15-12(18)8-17(9-4-6-16-7-5-9)14(19)13-10-2-1-3-11(10)13/h9-11,13,16H,1-8H2,(H2,15,18). The number of primary amides is 1. The zero-order valence-electron chi connectivity index (χ0n) is 11.3. The van der Waals surface area contributed by atoms with Gasteiger partial charge in [0, 0.05) is 12.0 Å². The average molecular weight is 265 g/mol. The van der Waals surface area contributed by atoms with Crippen LogP contribution in [0.2, 0.25) is 0 Å². The molecular weight excluding hydrogens is 242 g/mol. The van der Waals surface area contributed by atoms with E-state index in [4.69, 9.17) is 5.73 Å². The number of amides is 2. The van der Waals surface area contributed by atoms with Gasteiger partial charge >= 0.3 is 0 Å². The molecule has 3 aliphatic rings. The zero-order valence-corrected chi connectivity index (χ0v) is 11.3. The predicted molar refractivity (Wildman–Crippen MR) is 71.1 cm³/mol. The fourth-order valence-electron chi connectivity index (χ4n) is 4.05. The van der Waals surface area contributed by atoms with Crippen LogP contribution in [0, 0.1) is 17.8 Å². The topological polar surface area (TPSA) is 75.4 Å². The molecule has 0 aromatic carbocycles. The van der Waals surface area contributed by atoms with Crippen LogP contribution in [0.15, 0.2) is 0 Å². The van der Waals surface area contributed by atoms with Crippen molar-refractivity contribution in [3.8, 4) is 0 Å². The smallest absolute Gasteiger partial charge is 0.237 e. The first-order valence-corrected chi connectivity index (χ1v) is 7.48. The van der Waals surface area contributed by atoms with E-state index in [1.165, 1.54) is 19.3 Å². The second-order valence-electron chi connectivity index (χ2n) is 6.20. The van der Waals surface area contributed by atoms with E-state index in [0.29, 0.717) is 11.8 Å². The summed E-state index contributed by atoms with van der Waals surface area (Å²) >= 11 is 0. The van der Waals surface area contributed by atoms with Crippen molar-refractivity contribution in [2.75, 3.05) is 19.6 Å². The van der Waals surface area contributed by atoms with Crippen molar-refractivity contribution in [2.24, 2.45) is 23.5 Å². The van der Waals surface area contributed by atoms with Gasteiger partial charge in [-0.25, -0.2) is 0 Å². The van der Waals surface area contributed by atoms with E-state index in [2.05, 4.69) is 5.32 Å². The molecule has 3 N–H and O–H groups in total. The Bertz CT molecular complexity index is 369. The van der Waals surface area contributed by atoms with Gasteiger partial charge in [0.1, 0.15) is 0 Å². The molecule has 2 amide bonds. The summed E-state index contributed by atoms with van der Waals surface area (Å²) in [6, 6.07) is 0.197. The third kappa shape index (κ3) is 2.48. The molecule has 5 nitrogen and oxygen atoms in total. The fraction of sp³-hybridized carbons (Fsp3) is 0.857. The van der Waals surface area contributed by atoms with Gasteiger partial charge in [-0.3, -0.25) is 9.59 Å². The second-order valence-corrected chi connectivity index (χ2v) is 6.20. The normalized spacial score (nSPS) is 33.8. The molecule has 2 unspecified atom stereocenters. The molecule has 106 valence electrons. The monoisotopic (exact) mass is 265 g/mol. The third-order valence-electron chi connectivity index (χ3n) is 5.05. The van der Waals surface area contributed by atoms with E-state index in [-0.39, 0.29) is 24.4 Å². The highest BCUT2D eigenvalue weighted by Crippen LogP contribution is 2.58. The first-order valence-electron chi connectivity index (χ1n) is 7.48. The Morgan fingerprint density at radius 3 is 2.32 bits per heavy atom. The maximum absolute atomic E-state index is 12.7. The summed E-state index contributed by atoms with van der Waals surface area (Å²) in [5.41, 5.74) is 5.33. The van der Waals surface area contributed by atoms with Crippen LogP contribution in [0.5, 0.6) is 0 Å². The quantitative estimate of drug-likeness (QED) is 0.757. The minimum Gasteiger partial charge on any atom is -0.368 e. The molecule has 19 heavy (non-hydrogen) atoms. The van der Waals surface area contributed by atoms with Gasteiger partial charge in [-0.05, 0) is 50.6 Å². The summed E-state index contributed by atoms with van der Waals surface area (Å²) in [6.07, 6.45) is 5.51. The number of hydrogen-bond acceptors (Lipinski definition) is 3. The maximum atomic E-state index is 12.7. The summed E-state index contributed by atoms with van der Waals surface area (Å²) in [5.74, 6) is 1.20. The maximum Gasteiger partial charge on any atom is 0.237 e. The lowest BCUT2D eigenvalue weighted by atomic mass is 10.0. The number of rotatable bonds is 4. The fourth-order valence-corrected chi connectivity index (χ4v) is 4.05. The zero-order chi connectivity index (χ0) is 13.4. The number of hydrogen-bond donors (Lipinski definition) is 2.